The normalized spacial score (nSPS) is 10.5. The molecule has 0 radical (unpaired) electrons. The quantitative estimate of drug-likeness (QED) is 0.825. The van der Waals surface area contributed by atoms with Crippen LogP contribution >= 0.6 is 12.2 Å². The zero-order valence-corrected chi connectivity index (χ0v) is 11.0. The summed E-state index contributed by atoms with van der Waals surface area (Å²) in [4.78, 5) is 7.43. The largest absolute Gasteiger partial charge is 0.343 e. The Kier molecular flexibility index (Phi) is 3.69. The van der Waals surface area contributed by atoms with Gasteiger partial charge in [0.2, 0.25) is 0 Å². The van der Waals surface area contributed by atoms with E-state index in [1.54, 1.807) is 0 Å². The fraction of sp³-hybridized carbons (Fsp3) is 0.286. The molecule has 0 aliphatic rings. The molecular formula is C14H16N2S. The standard InChI is InChI=1S/C14H16N2S/c1-3-5-11-6-4-7-12(8-11)13-9-14(17)16-10(2)15-13/h4,6-9H,3,5H2,1-2H3,(H,15,16,17). The highest BCUT2D eigenvalue weighted by Gasteiger charge is 2.01. The molecule has 3 heteroatoms. The molecule has 1 aromatic heterocycles. The third-order valence-corrected chi connectivity index (χ3v) is 2.85. The monoisotopic (exact) mass is 244 g/mol. The highest BCUT2D eigenvalue weighted by atomic mass is 32.1. The van der Waals surface area contributed by atoms with E-state index >= 15 is 0 Å². The van der Waals surface area contributed by atoms with Crippen LogP contribution < -0.4 is 0 Å². The maximum atomic E-state index is 5.14. The molecule has 17 heavy (non-hydrogen) atoms. The Balaban J connectivity index is 2.45. The molecular weight excluding hydrogens is 228 g/mol. The van der Waals surface area contributed by atoms with Gasteiger partial charge in [-0.25, -0.2) is 4.98 Å². The SMILES string of the molecule is CCCc1cccc(-c2cc(=S)nc(C)[nH]2)c1. The summed E-state index contributed by atoms with van der Waals surface area (Å²) in [5.74, 6) is 0.855. The topological polar surface area (TPSA) is 28.7 Å². The van der Waals surface area contributed by atoms with Crippen molar-refractivity contribution in [2.75, 3.05) is 0 Å². The molecule has 0 saturated carbocycles. The molecule has 0 atom stereocenters. The number of H-pyrrole nitrogens is 1. The fourth-order valence-electron chi connectivity index (χ4n) is 1.92. The summed E-state index contributed by atoms with van der Waals surface area (Å²) in [7, 11) is 0. The van der Waals surface area contributed by atoms with E-state index in [1.807, 2.05) is 13.0 Å². The van der Waals surface area contributed by atoms with Crippen LogP contribution in [-0.4, -0.2) is 9.97 Å². The van der Waals surface area contributed by atoms with E-state index in [4.69, 9.17) is 12.2 Å². The minimum absolute atomic E-state index is 0.636. The zero-order chi connectivity index (χ0) is 12.3. The predicted octanol–water partition coefficient (Wildman–Crippen LogP) is 4.07. The summed E-state index contributed by atoms with van der Waals surface area (Å²) < 4.78 is 0.636. The second-order valence-electron chi connectivity index (χ2n) is 4.17. The summed E-state index contributed by atoms with van der Waals surface area (Å²) in [6, 6.07) is 10.5. The van der Waals surface area contributed by atoms with Gasteiger partial charge in [0, 0.05) is 5.69 Å². The van der Waals surface area contributed by atoms with Crippen molar-refractivity contribution >= 4 is 12.2 Å². The Bertz CT molecular complexity index is 572. The third-order valence-electron chi connectivity index (χ3n) is 2.64. The minimum Gasteiger partial charge on any atom is -0.343 e. The van der Waals surface area contributed by atoms with Crippen molar-refractivity contribution in [3.8, 4) is 11.3 Å². The molecule has 2 aromatic rings. The van der Waals surface area contributed by atoms with Crippen LogP contribution in [0, 0.1) is 11.6 Å². The number of nitrogens with zero attached hydrogens (tertiary/aromatic N) is 1. The van der Waals surface area contributed by atoms with Crippen LogP contribution in [0.15, 0.2) is 30.3 Å². The van der Waals surface area contributed by atoms with Crippen LogP contribution in [0.2, 0.25) is 0 Å². The number of benzene rings is 1. The molecule has 0 fully saturated rings. The zero-order valence-electron chi connectivity index (χ0n) is 10.2. The molecule has 1 N–H and O–H groups in total. The number of aromatic nitrogens is 2. The molecule has 1 aromatic carbocycles. The smallest absolute Gasteiger partial charge is 0.130 e. The average molecular weight is 244 g/mol. The second-order valence-corrected chi connectivity index (χ2v) is 4.59. The molecule has 0 amide bonds. The van der Waals surface area contributed by atoms with Crippen LogP contribution in [0.3, 0.4) is 0 Å². The van der Waals surface area contributed by atoms with Gasteiger partial charge in [-0.05, 0) is 36.6 Å². The van der Waals surface area contributed by atoms with Crippen LogP contribution in [0.5, 0.6) is 0 Å². The van der Waals surface area contributed by atoms with E-state index in [1.165, 1.54) is 11.1 Å². The molecule has 0 aliphatic carbocycles. The van der Waals surface area contributed by atoms with Crippen molar-refractivity contribution in [1.82, 2.24) is 9.97 Å². The van der Waals surface area contributed by atoms with Crippen LogP contribution in [0.4, 0.5) is 0 Å². The van der Waals surface area contributed by atoms with Gasteiger partial charge in [0.1, 0.15) is 10.5 Å². The van der Waals surface area contributed by atoms with E-state index in [9.17, 15) is 0 Å². The minimum atomic E-state index is 0.636. The Hall–Kier alpha value is -1.48. The molecule has 0 bridgehead atoms. The van der Waals surface area contributed by atoms with Gasteiger partial charge in [0.15, 0.2) is 0 Å². The molecule has 2 nitrogen and oxygen atoms in total. The van der Waals surface area contributed by atoms with Crippen molar-refractivity contribution in [1.29, 1.82) is 0 Å². The molecule has 2 rings (SSSR count). The summed E-state index contributed by atoms with van der Waals surface area (Å²) in [6.07, 6.45) is 2.27. The highest BCUT2D eigenvalue weighted by molar-refractivity contribution is 7.71. The molecule has 1 heterocycles. The number of aryl methyl sites for hydroxylation is 2. The lowest BCUT2D eigenvalue weighted by Gasteiger charge is -2.06. The number of hydrogen-bond acceptors (Lipinski definition) is 2. The van der Waals surface area contributed by atoms with E-state index < -0.39 is 0 Å². The first kappa shape index (κ1) is 12.0. The van der Waals surface area contributed by atoms with Crippen LogP contribution in [0.25, 0.3) is 11.3 Å². The first-order valence-electron chi connectivity index (χ1n) is 5.86. The van der Waals surface area contributed by atoms with E-state index in [-0.39, 0.29) is 0 Å². The van der Waals surface area contributed by atoms with Gasteiger partial charge in [0.05, 0.1) is 0 Å². The first-order chi connectivity index (χ1) is 8.19. The summed E-state index contributed by atoms with van der Waals surface area (Å²) in [5, 5.41) is 0. The van der Waals surface area contributed by atoms with Gasteiger partial charge in [0.25, 0.3) is 0 Å². The summed E-state index contributed by atoms with van der Waals surface area (Å²) in [5.41, 5.74) is 3.58. The van der Waals surface area contributed by atoms with E-state index in [0.29, 0.717) is 4.64 Å². The Morgan fingerprint density at radius 2 is 2.12 bits per heavy atom. The van der Waals surface area contributed by atoms with Crippen molar-refractivity contribution in [2.24, 2.45) is 0 Å². The predicted molar refractivity (Wildman–Crippen MR) is 73.6 cm³/mol. The fourth-order valence-corrected chi connectivity index (χ4v) is 2.17. The lowest BCUT2D eigenvalue weighted by atomic mass is 10.0. The number of rotatable bonds is 3. The van der Waals surface area contributed by atoms with Crippen LogP contribution in [0.1, 0.15) is 24.7 Å². The number of hydrogen-bond donors (Lipinski definition) is 1. The molecule has 88 valence electrons. The summed E-state index contributed by atoms with van der Waals surface area (Å²) in [6.45, 7) is 4.12. The summed E-state index contributed by atoms with van der Waals surface area (Å²) >= 11 is 5.14. The average Bonchev–Trinajstić information content (AvgIpc) is 2.28. The van der Waals surface area contributed by atoms with Crippen molar-refractivity contribution in [3.05, 3.63) is 46.4 Å². The third kappa shape index (κ3) is 3.01. The molecule has 0 saturated heterocycles. The molecule has 0 aliphatic heterocycles. The van der Waals surface area contributed by atoms with Gasteiger partial charge >= 0.3 is 0 Å². The lowest BCUT2D eigenvalue weighted by molar-refractivity contribution is 0.922. The second kappa shape index (κ2) is 5.23. The van der Waals surface area contributed by atoms with Crippen molar-refractivity contribution < 1.29 is 0 Å². The van der Waals surface area contributed by atoms with Gasteiger partial charge in [-0.15, -0.1) is 0 Å². The Morgan fingerprint density at radius 1 is 1.29 bits per heavy atom. The van der Waals surface area contributed by atoms with Gasteiger partial charge in [-0.3, -0.25) is 0 Å². The van der Waals surface area contributed by atoms with Gasteiger partial charge in [-0.2, -0.15) is 0 Å². The maximum Gasteiger partial charge on any atom is 0.130 e. The highest BCUT2D eigenvalue weighted by Crippen LogP contribution is 2.19. The van der Waals surface area contributed by atoms with Crippen molar-refractivity contribution in [2.45, 2.75) is 26.7 Å². The van der Waals surface area contributed by atoms with Crippen molar-refractivity contribution in [3.63, 3.8) is 0 Å². The van der Waals surface area contributed by atoms with E-state index in [0.717, 1.165) is 24.4 Å². The van der Waals surface area contributed by atoms with Gasteiger partial charge < -0.3 is 4.98 Å². The van der Waals surface area contributed by atoms with Crippen LogP contribution in [-0.2, 0) is 6.42 Å². The van der Waals surface area contributed by atoms with Gasteiger partial charge in [-0.1, -0.05) is 43.8 Å². The number of nitrogens with one attached hydrogen (secondary N) is 1. The Morgan fingerprint density at radius 3 is 2.82 bits per heavy atom. The first-order valence-corrected chi connectivity index (χ1v) is 6.27. The van der Waals surface area contributed by atoms with E-state index in [2.05, 4.69) is 41.2 Å². The lowest BCUT2D eigenvalue weighted by Crippen LogP contribution is -1.92. The maximum absolute atomic E-state index is 5.14. The Labute approximate surface area is 107 Å². The number of aromatic amines is 1. The molecule has 0 unspecified atom stereocenters. The molecule has 0 spiro atoms.